The number of amides is 2. The summed E-state index contributed by atoms with van der Waals surface area (Å²) in [5, 5.41) is 9.97. The van der Waals surface area contributed by atoms with E-state index >= 15 is 0 Å². The lowest BCUT2D eigenvalue weighted by atomic mass is 10.1. The Hall–Kier alpha value is -1.56. The molecule has 2 amide bonds. The molecule has 1 rings (SSSR count). The number of nitrogens with one attached hydrogen (secondary N) is 2. The van der Waals surface area contributed by atoms with E-state index in [9.17, 15) is 4.79 Å². The fourth-order valence-electron chi connectivity index (χ4n) is 1.70. The highest BCUT2D eigenvalue weighted by molar-refractivity contribution is 9.10. The van der Waals surface area contributed by atoms with Gasteiger partial charge in [0.2, 0.25) is 5.96 Å². The highest BCUT2D eigenvalue weighted by Crippen LogP contribution is 2.28. The summed E-state index contributed by atoms with van der Waals surface area (Å²) in [6.07, 6.45) is 0. The van der Waals surface area contributed by atoms with Crippen LogP contribution >= 0.6 is 15.9 Å². The molecule has 1 aromatic carbocycles. The molecule has 0 unspecified atom stereocenters. The first-order chi connectivity index (χ1) is 7.88. The zero-order valence-electron chi connectivity index (χ0n) is 9.97. The summed E-state index contributed by atoms with van der Waals surface area (Å²) in [4.78, 5) is 12.9. The molecule has 0 aliphatic carbocycles. The Labute approximate surface area is 109 Å². The maximum Gasteiger partial charge on any atom is 0.328 e. The number of halogens is 1. The van der Waals surface area contributed by atoms with Crippen molar-refractivity contribution < 1.29 is 4.79 Å². The predicted octanol–water partition coefficient (Wildman–Crippen LogP) is 2.11. The largest absolute Gasteiger partial charge is 0.369 e. The fraction of sp³-hybridized carbons (Fsp3) is 0.273. The lowest BCUT2D eigenvalue weighted by molar-refractivity contribution is 0.251. The van der Waals surface area contributed by atoms with Crippen LogP contribution in [0, 0.1) is 19.3 Å². The van der Waals surface area contributed by atoms with Crippen molar-refractivity contribution in [1.82, 2.24) is 5.32 Å². The first-order valence-corrected chi connectivity index (χ1v) is 5.80. The van der Waals surface area contributed by atoms with E-state index in [1.165, 1.54) is 7.05 Å². The Morgan fingerprint density at radius 2 is 1.88 bits per heavy atom. The van der Waals surface area contributed by atoms with Crippen LogP contribution in [0.4, 0.5) is 10.5 Å². The molecule has 92 valence electrons. The van der Waals surface area contributed by atoms with E-state index in [1.807, 2.05) is 26.0 Å². The van der Waals surface area contributed by atoms with Crippen LogP contribution in [0.2, 0.25) is 0 Å². The van der Waals surface area contributed by atoms with E-state index in [4.69, 9.17) is 11.1 Å². The molecule has 0 heterocycles. The smallest absolute Gasteiger partial charge is 0.328 e. The summed E-state index contributed by atoms with van der Waals surface area (Å²) in [6.45, 7) is 3.73. The number of urea groups is 1. The summed E-state index contributed by atoms with van der Waals surface area (Å²) < 4.78 is 0.927. The van der Waals surface area contributed by atoms with Crippen LogP contribution in [0.15, 0.2) is 16.6 Å². The second-order valence-electron chi connectivity index (χ2n) is 3.66. The van der Waals surface area contributed by atoms with Crippen molar-refractivity contribution in [3.05, 3.63) is 27.7 Å². The normalized spacial score (nSPS) is 9.88. The SMILES string of the molecule is CNC(=O)N(C(=N)N)c1c(C)cc(Br)cc1C. The van der Waals surface area contributed by atoms with Crippen molar-refractivity contribution in [2.45, 2.75) is 13.8 Å². The second-order valence-corrected chi connectivity index (χ2v) is 4.58. The fourth-order valence-corrected chi connectivity index (χ4v) is 2.39. The van der Waals surface area contributed by atoms with E-state index in [2.05, 4.69) is 21.2 Å². The number of guanidine groups is 1. The van der Waals surface area contributed by atoms with Gasteiger partial charge in [-0.15, -0.1) is 0 Å². The third-order valence-electron chi connectivity index (χ3n) is 2.34. The Morgan fingerprint density at radius 3 is 2.24 bits per heavy atom. The monoisotopic (exact) mass is 298 g/mol. The van der Waals surface area contributed by atoms with Gasteiger partial charge in [0, 0.05) is 11.5 Å². The van der Waals surface area contributed by atoms with Gasteiger partial charge in [0.15, 0.2) is 0 Å². The quantitative estimate of drug-likeness (QED) is 0.548. The Balaban J connectivity index is 3.38. The molecule has 17 heavy (non-hydrogen) atoms. The van der Waals surface area contributed by atoms with E-state index in [-0.39, 0.29) is 5.96 Å². The van der Waals surface area contributed by atoms with Gasteiger partial charge in [-0.1, -0.05) is 15.9 Å². The Morgan fingerprint density at radius 1 is 1.41 bits per heavy atom. The topological polar surface area (TPSA) is 82.2 Å². The number of carbonyl (C=O) groups excluding carboxylic acids is 1. The first kappa shape index (κ1) is 13.5. The van der Waals surface area contributed by atoms with Gasteiger partial charge >= 0.3 is 6.03 Å². The van der Waals surface area contributed by atoms with Gasteiger partial charge in [0.1, 0.15) is 0 Å². The number of rotatable bonds is 1. The van der Waals surface area contributed by atoms with Crippen molar-refractivity contribution in [3.63, 3.8) is 0 Å². The minimum absolute atomic E-state index is 0.308. The summed E-state index contributed by atoms with van der Waals surface area (Å²) in [6, 6.07) is 3.33. The molecule has 1 aromatic rings. The van der Waals surface area contributed by atoms with Crippen molar-refractivity contribution in [2.75, 3.05) is 11.9 Å². The number of carbonyl (C=O) groups is 1. The maximum atomic E-state index is 11.7. The molecule has 0 aliphatic rings. The van der Waals surface area contributed by atoms with E-state index in [1.54, 1.807) is 0 Å². The molecule has 0 aliphatic heterocycles. The molecular weight excluding hydrogens is 284 g/mol. The van der Waals surface area contributed by atoms with Crippen molar-refractivity contribution in [1.29, 1.82) is 5.41 Å². The number of nitrogens with two attached hydrogens (primary N) is 1. The summed E-state index contributed by atoms with van der Waals surface area (Å²) in [5.74, 6) is -0.308. The second kappa shape index (κ2) is 5.18. The number of hydrogen-bond donors (Lipinski definition) is 3. The molecule has 0 radical (unpaired) electrons. The Kier molecular flexibility index (Phi) is 4.11. The van der Waals surface area contributed by atoms with Gasteiger partial charge in [0.25, 0.3) is 0 Å². The van der Waals surface area contributed by atoms with Gasteiger partial charge < -0.3 is 11.1 Å². The summed E-state index contributed by atoms with van der Waals surface area (Å²) >= 11 is 3.38. The van der Waals surface area contributed by atoms with Crippen LogP contribution in [-0.2, 0) is 0 Å². The number of anilines is 1. The summed E-state index contributed by atoms with van der Waals surface area (Å²) in [5.41, 5.74) is 7.84. The minimum Gasteiger partial charge on any atom is -0.369 e. The van der Waals surface area contributed by atoms with Crippen LogP contribution in [0.3, 0.4) is 0 Å². The zero-order chi connectivity index (χ0) is 13.2. The molecule has 0 aromatic heterocycles. The van der Waals surface area contributed by atoms with Gasteiger partial charge in [-0.25, -0.2) is 9.69 Å². The molecule has 6 heteroatoms. The zero-order valence-corrected chi connectivity index (χ0v) is 11.6. The molecule has 0 atom stereocenters. The highest BCUT2D eigenvalue weighted by Gasteiger charge is 2.21. The molecular formula is C11H15BrN4O. The van der Waals surface area contributed by atoms with Gasteiger partial charge in [-0.3, -0.25) is 5.41 Å². The van der Waals surface area contributed by atoms with Crippen LogP contribution in [-0.4, -0.2) is 19.0 Å². The third kappa shape index (κ3) is 2.76. The van der Waals surface area contributed by atoms with Crippen molar-refractivity contribution in [3.8, 4) is 0 Å². The molecule has 0 saturated heterocycles. The first-order valence-electron chi connectivity index (χ1n) is 5.01. The third-order valence-corrected chi connectivity index (χ3v) is 2.80. The van der Waals surface area contributed by atoms with Crippen molar-refractivity contribution in [2.24, 2.45) is 5.73 Å². The number of benzene rings is 1. The van der Waals surface area contributed by atoms with Gasteiger partial charge in [-0.05, 0) is 37.1 Å². The molecule has 4 N–H and O–H groups in total. The lowest BCUT2D eigenvalue weighted by Crippen LogP contribution is -2.46. The number of hydrogen-bond acceptors (Lipinski definition) is 2. The highest BCUT2D eigenvalue weighted by atomic mass is 79.9. The van der Waals surface area contributed by atoms with E-state index in [0.717, 1.165) is 20.5 Å². The van der Waals surface area contributed by atoms with Crippen LogP contribution < -0.4 is 16.0 Å². The number of aryl methyl sites for hydroxylation is 2. The van der Waals surface area contributed by atoms with Gasteiger partial charge in [0.05, 0.1) is 5.69 Å². The predicted molar refractivity (Wildman–Crippen MR) is 72.5 cm³/mol. The van der Waals surface area contributed by atoms with E-state index < -0.39 is 6.03 Å². The molecule has 0 spiro atoms. The van der Waals surface area contributed by atoms with Crippen molar-refractivity contribution >= 4 is 33.6 Å². The minimum atomic E-state index is -0.425. The average molecular weight is 299 g/mol. The van der Waals surface area contributed by atoms with Gasteiger partial charge in [-0.2, -0.15) is 0 Å². The molecule has 0 saturated carbocycles. The lowest BCUT2D eigenvalue weighted by Gasteiger charge is -2.24. The van der Waals surface area contributed by atoms with Crippen LogP contribution in [0.25, 0.3) is 0 Å². The molecule has 0 fully saturated rings. The van der Waals surface area contributed by atoms with Crippen LogP contribution in [0.5, 0.6) is 0 Å². The molecule has 5 nitrogen and oxygen atoms in total. The maximum absolute atomic E-state index is 11.7. The molecule has 0 bridgehead atoms. The Bertz CT molecular complexity index is 450. The van der Waals surface area contributed by atoms with E-state index in [0.29, 0.717) is 5.69 Å². The standard InChI is InChI=1S/C11H15BrN4O/c1-6-4-8(12)5-7(2)9(6)16(10(13)14)11(17)15-3/h4-5H,1-3H3,(H3,13,14)(H,15,17). The average Bonchev–Trinajstić information content (AvgIpc) is 2.21. The van der Waals surface area contributed by atoms with Crippen LogP contribution in [0.1, 0.15) is 11.1 Å². The summed E-state index contributed by atoms with van der Waals surface area (Å²) in [7, 11) is 1.50. The number of nitrogens with zero attached hydrogens (tertiary/aromatic N) is 1.